The molecule has 1 aliphatic rings. The predicted molar refractivity (Wildman–Crippen MR) is 150 cm³/mol. The van der Waals surface area contributed by atoms with Gasteiger partial charge < -0.3 is 11.7 Å². The van der Waals surface area contributed by atoms with Gasteiger partial charge in [-0.1, -0.05) is 66.9 Å². The van der Waals surface area contributed by atoms with Gasteiger partial charge in [0.05, 0.1) is 0 Å². The van der Waals surface area contributed by atoms with Crippen molar-refractivity contribution in [3.05, 3.63) is 156 Å². The van der Waals surface area contributed by atoms with Gasteiger partial charge in [-0.3, -0.25) is 4.98 Å². The molecule has 5 rings (SSSR count). The average molecular weight is 552 g/mol. The van der Waals surface area contributed by atoms with Crippen LogP contribution in [0.5, 0.6) is 0 Å². The minimum atomic E-state index is 0. The first-order chi connectivity index (χ1) is 17.0. The van der Waals surface area contributed by atoms with Crippen LogP contribution in [0, 0.1) is 34.1 Å². The second-order valence-electron chi connectivity index (χ2n) is 8.96. The Bertz CT molecular complexity index is 1080. The molecule has 0 bridgehead atoms. The van der Waals surface area contributed by atoms with Gasteiger partial charge in [0.2, 0.25) is 0 Å². The molecule has 2 nitrogen and oxygen atoms in total. The first-order valence-electron chi connectivity index (χ1n) is 12.3. The van der Waals surface area contributed by atoms with E-state index >= 15 is 0 Å². The molecule has 1 radical (unpaired) electrons. The molecule has 3 aromatic carbocycles. The summed E-state index contributed by atoms with van der Waals surface area (Å²) < 4.78 is 0. The van der Waals surface area contributed by atoms with E-state index in [9.17, 15) is 0 Å². The summed E-state index contributed by atoms with van der Waals surface area (Å²) in [6.07, 6.45) is 6.16. The number of pyridine rings is 1. The van der Waals surface area contributed by atoms with Gasteiger partial charge in [0.1, 0.15) is 0 Å². The molecule has 3 heteroatoms. The Balaban J connectivity index is 0.000000249. The molecule has 0 saturated heterocycles. The van der Waals surface area contributed by atoms with Crippen LogP contribution in [-0.2, 0) is 32.7 Å². The molecule has 183 valence electrons. The minimum absolute atomic E-state index is 0. The number of aryl methyl sites for hydroxylation is 2. The molecule has 1 saturated carbocycles. The fourth-order valence-electron chi connectivity index (χ4n) is 4.01. The van der Waals surface area contributed by atoms with Crippen LogP contribution >= 0.6 is 0 Å². The molecule has 0 N–H and O–H groups in total. The Morgan fingerprint density at radius 3 is 1.86 bits per heavy atom. The van der Waals surface area contributed by atoms with Crippen LogP contribution in [0.15, 0.2) is 97.1 Å². The number of benzene rings is 3. The van der Waals surface area contributed by atoms with Crippen molar-refractivity contribution in [2.24, 2.45) is 0 Å². The number of hydrogen-bond donors (Lipinski definition) is 0. The van der Waals surface area contributed by atoms with Gasteiger partial charge in [0, 0.05) is 11.4 Å². The Morgan fingerprint density at radius 2 is 1.39 bits per heavy atom. The first kappa shape index (κ1) is 29.5. The zero-order chi connectivity index (χ0) is 24.9. The van der Waals surface area contributed by atoms with E-state index in [0.717, 1.165) is 22.5 Å². The van der Waals surface area contributed by atoms with E-state index < -0.39 is 0 Å². The van der Waals surface area contributed by atoms with Crippen molar-refractivity contribution >= 4 is 5.69 Å². The van der Waals surface area contributed by atoms with Crippen LogP contribution in [0.4, 0.5) is 5.69 Å². The monoisotopic (exact) mass is 550 g/mol. The molecule has 1 heterocycles. The van der Waals surface area contributed by atoms with Crippen molar-refractivity contribution in [1.82, 2.24) is 4.98 Å². The van der Waals surface area contributed by atoms with Crippen molar-refractivity contribution in [1.29, 1.82) is 0 Å². The summed E-state index contributed by atoms with van der Waals surface area (Å²) in [7, 11) is 0. The maximum Gasteiger partial charge on any atom is 3.00 e. The molecular formula is C33H36N2Zr-. The van der Waals surface area contributed by atoms with E-state index in [-0.39, 0.29) is 26.2 Å². The third-order valence-corrected chi connectivity index (χ3v) is 5.69. The van der Waals surface area contributed by atoms with Crippen molar-refractivity contribution in [3.63, 3.8) is 0 Å². The molecule has 1 aliphatic carbocycles. The summed E-state index contributed by atoms with van der Waals surface area (Å²) in [6.45, 7) is 12.3. The van der Waals surface area contributed by atoms with E-state index in [4.69, 9.17) is 10.3 Å². The predicted octanol–water partition coefficient (Wildman–Crippen LogP) is 9.11. The molecule has 1 unspecified atom stereocenters. The van der Waals surface area contributed by atoms with Crippen LogP contribution in [0.25, 0.3) is 5.32 Å². The number of nitrogens with zero attached hydrogens (tertiary/aromatic N) is 2. The molecule has 36 heavy (non-hydrogen) atoms. The summed E-state index contributed by atoms with van der Waals surface area (Å²) in [5.74, 6) is 0.547. The summed E-state index contributed by atoms with van der Waals surface area (Å²) in [4.78, 5) is 4.79. The van der Waals surface area contributed by atoms with Crippen LogP contribution in [0.2, 0.25) is 0 Å². The Kier molecular flexibility index (Phi) is 13.2. The summed E-state index contributed by atoms with van der Waals surface area (Å²) in [6, 6.07) is 32.5. The zero-order valence-corrected chi connectivity index (χ0v) is 24.0. The molecule has 0 aliphatic heterocycles. The van der Waals surface area contributed by atoms with Gasteiger partial charge >= 0.3 is 26.2 Å². The normalized spacial score (nSPS) is 13.8. The van der Waals surface area contributed by atoms with Gasteiger partial charge in [-0.15, -0.1) is 35.9 Å². The Hall–Kier alpha value is -2.77. The van der Waals surface area contributed by atoms with Gasteiger partial charge in [0.25, 0.3) is 0 Å². The van der Waals surface area contributed by atoms with Crippen molar-refractivity contribution in [2.45, 2.75) is 45.6 Å². The number of hydrogen-bond acceptors (Lipinski definition) is 1. The fraction of sp³-hybridized carbons (Fsp3) is 0.212. The third-order valence-electron chi connectivity index (χ3n) is 5.69. The maximum absolute atomic E-state index is 4.79. The maximum atomic E-state index is 4.79. The fourth-order valence-corrected chi connectivity index (χ4v) is 4.01. The van der Waals surface area contributed by atoms with Gasteiger partial charge in [-0.2, -0.15) is 55.7 Å². The van der Waals surface area contributed by atoms with E-state index in [1.807, 2.05) is 60.7 Å². The second kappa shape index (κ2) is 16.1. The zero-order valence-electron chi connectivity index (χ0n) is 21.5. The van der Waals surface area contributed by atoms with E-state index in [2.05, 4.69) is 70.5 Å². The number of rotatable bonds is 4. The van der Waals surface area contributed by atoms with Gasteiger partial charge in [-0.05, 0) is 26.0 Å². The smallest absolute Gasteiger partial charge is 0.679 e. The largest absolute Gasteiger partial charge is 3.00 e. The Labute approximate surface area is 237 Å². The van der Waals surface area contributed by atoms with E-state index in [1.165, 1.54) is 36.1 Å². The number of aromatic nitrogens is 1. The average Bonchev–Trinajstić information content (AvgIpc) is 3.40. The summed E-state index contributed by atoms with van der Waals surface area (Å²) in [5.41, 5.74) is 7.98. The molecule has 1 atom stereocenters. The molecule has 1 fully saturated rings. The quantitative estimate of drug-likeness (QED) is 0.232. The van der Waals surface area contributed by atoms with Crippen LogP contribution in [0.1, 0.15) is 58.8 Å². The minimum Gasteiger partial charge on any atom is -0.679 e. The van der Waals surface area contributed by atoms with Crippen molar-refractivity contribution < 1.29 is 26.2 Å². The van der Waals surface area contributed by atoms with Gasteiger partial charge in [-0.25, -0.2) is 0 Å². The molecule has 1 aromatic heterocycles. The van der Waals surface area contributed by atoms with Crippen LogP contribution in [-0.4, -0.2) is 4.98 Å². The molecular weight excluding hydrogens is 516 g/mol. The molecule has 0 amide bonds. The SMILES string of the molecule is Cc1cc(C)cc([N-]Cc2cccc(C3[CH-]CCC3)n2)c1.[CH2-]c1ccccc1.[CH2-]c1ccccc1.[Zr+3]. The first-order valence-corrected chi connectivity index (χ1v) is 12.3. The topological polar surface area (TPSA) is 27.0 Å². The van der Waals surface area contributed by atoms with E-state index in [1.54, 1.807) is 0 Å². The molecule has 4 aromatic rings. The Morgan fingerprint density at radius 1 is 0.806 bits per heavy atom. The van der Waals surface area contributed by atoms with Crippen molar-refractivity contribution in [3.8, 4) is 0 Å². The van der Waals surface area contributed by atoms with Gasteiger partial charge in [0.15, 0.2) is 0 Å². The second-order valence-corrected chi connectivity index (χ2v) is 8.96. The summed E-state index contributed by atoms with van der Waals surface area (Å²) in [5, 5.41) is 4.69. The van der Waals surface area contributed by atoms with E-state index in [0.29, 0.717) is 12.5 Å². The van der Waals surface area contributed by atoms with Crippen LogP contribution in [0.3, 0.4) is 0 Å². The standard InChI is InChI=1S/C19H22N2.2C7H7.Zr/c1-14-10-15(2)12-18(11-14)20-13-17-8-5-9-19(21-17)16-6-3-4-7-16;2*1-7-5-3-2-4-6-7;/h5-6,8-12,16H,3-4,7,13H2,1-2H3;2*2-6H,1H2;/q-2;2*-1;+3. The molecule has 0 spiro atoms. The summed E-state index contributed by atoms with van der Waals surface area (Å²) >= 11 is 0. The van der Waals surface area contributed by atoms with Crippen molar-refractivity contribution in [2.75, 3.05) is 0 Å². The van der Waals surface area contributed by atoms with Crippen LogP contribution < -0.4 is 0 Å². The third kappa shape index (κ3) is 10.9.